The highest BCUT2D eigenvalue weighted by Crippen LogP contribution is 2.27. The number of ether oxygens (including phenoxy) is 2. The molecule has 1 heterocycles. The number of hydrogen-bond donors (Lipinski definition) is 2. The highest BCUT2D eigenvalue weighted by Gasteiger charge is 2.13. The van der Waals surface area contributed by atoms with Gasteiger partial charge in [-0.05, 0) is 48.4 Å². The third-order valence-corrected chi connectivity index (χ3v) is 5.55. The lowest BCUT2D eigenvalue weighted by atomic mass is 10.1. The van der Waals surface area contributed by atoms with Crippen LogP contribution < -0.4 is 20.5 Å². The van der Waals surface area contributed by atoms with E-state index in [0.717, 1.165) is 16.7 Å². The van der Waals surface area contributed by atoms with Crippen molar-refractivity contribution < 1.29 is 14.3 Å². The summed E-state index contributed by atoms with van der Waals surface area (Å²) in [5, 5.41) is 3.38. The highest BCUT2D eigenvalue weighted by molar-refractivity contribution is 6.31. The standard InChI is InChI=1S/C27H24ClN3O3/c1-18-6-2-3-7-19(18)16-33-23-12-21(27(32)31-26-11-10-22(29)15-30-26)13-24(14-23)34-17-20-8-4-5-9-25(20)28/h2-15H,16-17,29H2,1H3,(H,30,31,32). The number of pyridine rings is 1. The summed E-state index contributed by atoms with van der Waals surface area (Å²) in [7, 11) is 0. The molecule has 172 valence electrons. The van der Waals surface area contributed by atoms with Gasteiger partial charge in [-0.2, -0.15) is 0 Å². The van der Waals surface area contributed by atoms with Crippen molar-refractivity contribution in [2.45, 2.75) is 20.1 Å². The van der Waals surface area contributed by atoms with E-state index < -0.39 is 0 Å². The molecule has 0 radical (unpaired) electrons. The van der Waals surface area contributed by atoms with E-state index in [1.54, 1.807) is 36.4 Å². The largest absolute Gasteiger partial charge is 0.489 e. The van der Waals surface area contributed by atoms with Gasteiger partial charge in [-0.25, -0.2) is 4.98 Å². The van der Waals surface area contributed by atoms with Gasteiger partial charge in [0.2, 0.25) is 0 Å². The fourth-order valence-electron chi connectivity index (χ4n) is 3.25. The topological polar surface area (TPSA) is 86.5 Å². The molecule has 1 amide bonds. The Morgan fingerprint density at radius 1 is 0.912 bits per heavy atom. The number of hydrogen-bond acceptors (Lipinski definition) is 5. The summed E-state index contributed by atoms with van der Waals surface area (Å²) in [6.07, 6.45) is 1.48. The minimum atomic E-state index is -0.346. The Hall–Kier alpha value is -4.03. The number of amides is 1. The maximum atomic E-state index is 12.9. The molecule has 34 heavy (non-hydrogen) atoms. The number of nitrogens with zero attached hydrogens (tertiary/aromatic N) is 1. The highest BCUT2D eigenvalue weighted by atomic mass is 35.5. The van der Waals surface area contributed by atoms with E-state index in [9.17, 15) is 4.79 Å². The molecule has 3 N–H and O–H groups in total. The number of nitrogens with two attached hydrogens (primary N) is 1. The molecule has 0 fully saturated rings. The van der Waals surface area contributed by atoms with Crippen molar-refractivity contribution in [2.75, 3.05) is 11.1 Å². The van der Waals surface area contributed by atoms with Gasteiger partial charge < -0.3 is 20.5 Å². The summed E-state index contributed by atoms with van der Waals surface area (Å²) in [5.74, 6) is 1.04. The predicted octanol–water partition coefficient (Wildman–Crippen LogP) is 6.04. The Morgan fingerprint density at radius 3 is 2.21 bits per heavy atom. The smallest absolute Gasteiger partial charge is 0.257 e. The number of nitrogen functional groups attached to an aromatic ring is 1. The summed E-state index contributed by atoms with van der Waals surface area (Å²) in [4.78, 5) is 17.1. The molecule has 0 spiro atoms. The van der Waals surface area contributed by atoms with E-state index >= 15 is 0 Å². The van der Waals surface area contributed by atoms with Gasteiger partial charge in [-0.3, -0.25) is 4.79 Å². The lowest BCUT2D eigenvalue weighted by molar-refractivity contribution is 0.102. The van der Waals surface area contributed by atoms with Crippen LogP contribution >= 0.6 is 11.6 Å². The molecule has 4 aromatic rings. The summed E-state index contributed by atoms with van der Waals surface area (Å²) in [6, 6.07) is 23.8. The Bertz CT molecular complexity index is 1220. The van der Waals surface area contributed by atoms with E-state index in [2.05, 4.69) is 10.3 Å². The molecule has 1 aromatic heterocycles. The molecule has 0 bridgehead atoms. The van der Waals surface area contributed by atoms with Crippen LogP contribution in [0.25, 0.3) is 0 Å². The number of nitrogens with one attached hydrogen (secondary N) is 1. The van der Waals surface area contributed by atoms with Gasteiger partial charge in [0, 0.05) is 22.2 Å². The van der Waals surface area contributed by atoms with Crippen molar-refractivity contribution in [3.05, 3.63) is 112 Å². The molecule has 0 saturated carbocycles. The Morgan fingerprint density at radius 2 is 1.56 bits per heavy atom. The van der Waals surface area contributed by atoms with Crippen LogP contribution in [0.1, 0.15) is 27.0 Å². The quantitative estimate of drug-likeness (QED) is 0.326. The van der Waals surface area contributed by atoms with Gasteiger partial charge in [0.1, 0.15) is 30.5 Å². The van der Waals surface area contributed by atoms with Crippen molar-refractivity contribution in [1.29, 1.82) is 0 Å². The third-order valence-electron chi connectivity index (χ3n) is 5.18. The fourth-order valence-corrected chi connectivity index (χ4v) is 3.44. The zero-order valence-corrected chi connectivity index (χ0v) is 19.4. The minimum Gasteiger partial charge on any atom is -0.489 e. The Labute approximate surface area is 203 Å². The third kappa shape index (κ3) is 6.05. The second-order valence-electron chi connectivity index (χ2n) is 7.72. The van der Waals surface area contributed by atoms with Crippen molar-refractivity contribution in [1.82, 2.24) is 4.98 Å². The van der Waals surface area contributed by atoms with Crippen LogP contribution in [0, 0.1) is 6.92 Å². The molecule has 7 heteroatoms. The van der Waals surface area contributed by atoms with E-state index in [0.29, 0.717) is 40.2 Å². The first-order valence-corrected chi connectivity index (χ1v) is 11.1. The first-order chi connectivity index (χ1) is 16.5. The van der Waals surface area contributed by atoms with E-state index in [-0.39, 0.29) is 12.5 Å². The van der Waals surface area contributed by atoms with Gasteiger partial charge >= 0.3 is 0 Å². The first kappa shape index (κ1) is 23.1. The van der Waals surface area contributed by atoms with Crippen molar-refractivity contribution in [3.8, 4) is 11.5 Å². The summed E-state index contributed by atoms with van der Waals surface area (Å²) >= 11 is 6.25. The van der Waals surface area contributed by atoms with Crippen LogP contribution in [0.5, 0.6) is 11.5 Å². The van der Waals surface area contributed by atoms with Crippen LogP contribution in [0.3, 0.4) is 0 Å². The molecule has 0 aliphatic carbocycles. The van der Waals surface area contributed by atoms with E-state index in [1.807, 2.05) is 49.4 Å². The van der Waals surface area contributed by atoms with E-state index in [1.165, 1.54) is 6.20 Å². The van der Waals surface area contributed by atoms with E-state index in [4.69, 9.17) is 26.8 Å². The summed E-state index contributed by atoms with van der Waals surface area (Å²) in [5.41, 5.74) is 9.58. The molecule has 3 aromatic carbocycles. The molecule has 0 saturated heterocycles. The van der Waals surface area contributed by atoms with Gasteiger partial charge in [-0.1, -0.05) is 54.1 Å². The average Bonchev–Trinajstić information content (AvgIpc) is 2.84. The number of aromatic nitrogens is 1. The van der Waals surface area contributed by atoms with Crippen LogP contribution in [0.4, 0.5) is 11.5 Å². The summed E-state index contributed by atoms with van der Waals surface area (Å²) in [6.45, 7) is 2.64. The second kappa shape index (κ2) is 10.7. The van der Waals surface area contributed by atoms with Gasteiger partial charge in [-0.15, -0.1) is 0 Å². The maximum Gasteiger partial charge on any atom is 0.257 e. The fraction of sp³-hybridized carbons (Fsp3) is 0.111. The zero-order valence-electron chi connectivity index (χ0n) is 18.6. The van der Waals surface area contributed by atoms with Gasteiger partial charge in [0.25, 0.3) is 5.91 Å². The minimum absolute atomic E-state index is 0.251. The van der Waals surface area contributed by atoms with Crippen LogP contribution in [-0.4, -0.2) is 10.9 Å². The number of aryl methyl sites for hydroxylation is 1. The van der Waals surface area contributed by atoms with Crippen molar-refractivity contribution in [3.63, 3.8) is 0 Å². The van der Waals surface area contributed by atoms with Gasteiger partial charge in [0.05, 0.1) is 11.9 Å². The lowest BCUT2D eigenvalue weighted by Crippen LogP contribution is -2.13. The normalized spacial score (nSPS) is 10.5. The van der Waals surface area contributed by atoms with Crippen LogP contribution in [0.15, 0.2) is 85.1 Å². The van der Waals surface area contributed by atoms with Crippen LogP contribution in [0.2, 0.25) is 5.02 Å². The molecular weight excluding hydrogens is 450 g/mol. The number of rotatable bonds is 8. The maximum absolute atomic E-state index is 12.9. The lowest BCUT2D eigenvalue weighted by Gasteiger charge is -2.14. The number of benzene rings is 3. The van der Waals surface area contributed by atoms with Crippen molar-refractivity contribution in [2.24, 2.45) is 0 Å². The molecule has 0 aliphatic heterocycles. The summed E-state index contributed by atoms with van der Waals surface area (Å²) < 4.78 is 12.0. The SMILES string of the molecule is Cc1ccccc1COc1cc(OCc2ccccc2Cl)cc(C(=O)Nc2ccc(N)cn2)c1. The monoisotopic (exact) mass is 473 g/mol. The number of halogens is 1. The second-order valence-corrected chi connectivity index (χ2v) is 8.13. The molecule has 0 unspecified atom stereocenters. The van der Waals surface area contributed by atoms with Crippen LogP contribution in [-0.2, 0) is 13.2 Å². The van der Waals surface area contributed by atoms with Gasteiger partial charge in [0.15, 0.2) is 0 Å². The predicted molar refractivity (Wildman–Crippen MR) is 134 cm³/mol. The number of anilines is 2. The Balaban J connectivity index is 1.56. The average molecular weight is 474 g/mol. The molecule has 0 aliphatic rings. The Kier molecular flexibility index (Phi) is 7.30. The molecule has 4 rings (SSSR count). The molecule has 0 atom stereocenters. The number of carbonyl (C=O) groups excluding carboxylic acids is 1. The zero-order chi connectivity index (χ0) is 23.9. The number of carbonyl (C=O) groups is 1. The first-order valence-electron chi connectivity index (χ1n) is 10.7. The molecular formula is C27H24ClN3O3. The van der Waals surface area contributed by atoms with Crippen molar-refractivity contribution >= 4 is 29.0 Å². The molecule has 6 nitrogen and oxygen atoms in total.